The summed E-state index contributed by atoms with van der Waals surface area (Å²) in [7, 11) is 0. The molecule has 0 aromatic heterocycles. The van der Waals surface area contributed by atoms with Crippen molar-refractivity contribution in [3.63, 3.8) is 0 Å². The predicted molar refractivity (Wildman–Crippen MR) is 327 cm³/mol. The molecule has 2 aliphatic heterocycles. The van der Waals surface area contributed by atoms with Crippen molar-refractivity contribution < 1.29 is 64.6 Å². The molecule has 12 unspecified atom stereocenters. The van der Waals surface area contributed by atoms with Gasteiger partial charge in [-0.3, -0.25) is 4.79 Å². The van der Waals surface area contributed by atoms with Crippen molar-refractivity contribution in [2.24, 2.45) is 0 Å². The molecule has 0 radical (unpaired) electrons. The zero-order valence-corrected chi connectivity index (χ0v) is 51.3. The number of amides is 1. The molecule has 0 aromatic carbocycles. The van der Waals surface area contributed by atoms with Gasteiger partial charge < -0.3 is 65.1 Å². The molecule has 2 rings (SSSR count). The molecule has 0 spiro atoms. The molecule has 0 saturated carbocycles. The Labute approximate surface area is 493 Å². The molecule has 2 heterocycles. The summed E-state index contributed by atoms with van der Waals surface area (Å²) in [5.74, 6) is -0.253. The fraction of sp³-hybridized carbons (Fsp3) is 0.866. The molecule has 0 bridgehead atoms. The predicted octanol–water partition coefficient (Wildman–Crippen LogP) is 12.7. The van der Waals surface area contributed by atoms with Crippen LogP contribution in [0.15, 0.2) is 48.6 Å². The van der Waals surface area contributed by atoms with E-state index >= 15 is 0 Å². The van der Waals surface area contributed by atoms with E-state index in [2.05, 4.69) is 55.6 Å². The van der Waals surface area contributed by atoms with Crippen LogP contribution in [0.3, 0.4) is 0 Å². The van der Waals surface area contributed by atoms with E-state index in [9.17, 15) is 45.6 Å². The first-order valence-electron chi connectivity index (χ1n) is 33.4. The number of allylic oxidation sites excluding steroid dienone is 7. The largest absolute Gasteiger partial charge is 0.394 e. The van der Waals surface area contributed by atoms with Crippen molar-refractivity contribution in [2.75, 3.05) is 19.8 Å². The van der Waals surface area contributed by atoms with Gasteiger partial charge in [-0.15, -0.1) is 0 Å². The van der Waals surface area contributed by atoms with Gasteiger partial charge in [-0.25, -0.2) is 0 Å². The average Bonchev–Trinajstić information content (AvgIpc) is 3.47. The quantitative estimate of drug-likeness (QED) is 0.0204. The number of unbranched alkanes of at least 4 members (excludes halogenated alkanes) is 35. The Kier molecular flexibility index (Phi) is 48.5. The summed E-state index contributed by atoms with van der Waals surface area (Å²) < 4.78 is 22.8. The van der Waals surface area contributed by atoms with Gasteiger partial charge in [0.05, 0.1) is 32.0 Å². The van der Waals surface area contributed by atoms with Gasteiger partial charge >= 0.3 is 0 Å². The number of rotatable bonds is 54. The number of ether oxygens (including phenoxy) is 4. The van der Waals surface area contributed by atoms with Crippen LogP contribution in [0.2, 0.25) is 0 Å². The van der Waals surface area contributed by atoms with Crippen LogP contribution < -0.4 is 5.32 Å². The molecular weight excluding hydrogens is 1030 g/mol. The molecule has 14 nitrogen and oxygen atoms in total. The summed E-state index contributed by atoms with van der Waals surface area (Å²) in [5, 5.41) is 87.3. The Hall–Kier alpha value is -2.05. The summed E-state index contributed by atoms with van der Waals surface area (Å²) in [5.41, 5.74) is 0. The van der Waals surface area contributed by atoms with E-state index in [0.717, 1.165) is 44.9 Å². The van der Waals surface area contributed by atoms with E-state index in [-0.39, 0.29) is 18.9 Å². The maximum absolute atomic E-state index is 13.3. The number of carbonyl (C=O) groups is 1. The molecule has 81 heavy (non-hydrogen) atoms. The van der Waals surface area contributed by atoms with E-state index < -0.39 is 86.8 Å². The van der Waals surface area contributed by atoms with Crippen LogP contribution in [-0.2, 0) is 23.7 Å². The molecule has 474 valence electrons. The number of aliphatic hydroxyl groups excluding tert-OH is 8. The highest BCUT2D eigenvalue weighted by Crippen LogP contribution is 2.30. The van der Waals surface area contributed by atoms with E-state index in [4.69, 9.17) is 18.9 Å². The lowest BCUT2D eigenvalue weighted by molar-refractivity contribution is -0.359. The fourth-order valence-electron chi connectivity index (χ4n) is 10.8. The van der Waals surface area contributed by atoms with Crippen molar-refractivity contribution in [3.8, 4) is 0 Å². The van der Waals surface area contributed by atoms with Gasteiger partial charge in [0.1, 0.15) is 48.8 Å². The Morgan fingerprint density at radius 2 is 0.790 bits per heavy atom. The molecule has 1 amide bonds. The molecular formula is C67H123NO13. The van der Waals surface area contributed by atoms with Crippen LogP contribution in [-0.4, -0.2) is 140 Å². The molecule has 9 N–H and O–H groups in total. The minimum Gasteiger partial charge on any atom is -0.394 e. The minimum atomic E-state index is -1.79. The van der Waals surface area contributed by atoms with Gasteiger partial charge in [0.2, 0.25) is 5.91 Å². The first kappa shape index (κ1) is 75.0. The Bertz CT molecular complexity index is 1540. The summed E-state index contributed by atoms with van der Waals surface area (Å²) in [6, 6.07) is -0.940. The molecule has 2 saturated heterocycles. The third-order valence-electron chi connectivity index (χ3n) is 16.2. The van der Waals surface area contributed by atoms with Crippen molar-refractivity contribution in [1.29, 1.82) is 0 Å². The number of hydrogen-bond acceptors (Lipinski definition) is 13. The van der Waals surface area contributed by atoms with Crippen LogP contribution in [0.25, 0.3) is 0 Å². The van der Waals surface area contributed by atoms with Gasteiger partial charge in [0.15, 0.2) is 12.6 Å². The van der Waals surface area contributed by atoms with E-state index in [1.54, 1.807) is 6.08 Å². The first-order chi connectivity index (χ1) is 39.6. The highest BCUT2D eigenvalue weighted by atomic mass is 16.7. The molecule has 2 fully saturated rings. The minimum absolute atomic E-state index is 0.253. The van der Waals surface area contributed by atoms with Crippen molar-refractivity contribution in [1.82, 2.24) is 5.32 Å². The maximum atomic E-state index is 13.3. The summed E-state index contributed by atoms with van der Waals surface area (Å²) in [6.45, 7) is 2.80. The monoisotopic (exact) mass is 1150 g/mol. The molecule has 0 aliphatic carbocycles. The van der Waals surface area contributed by atoms with Gasteiger partial charge in [0, 0.05) is 6.42 Å². The second kappa shape index (κ2) is 52.3. The summed E-state index contributed by atoms with van der Waals surface area (Å²) in [4.78, 5) is 13.3. The van der Waals surface area contributed by atoms with Crippen LogP contribution in [0.1, 0.15) is 277 Å². The zero-order chi connectivity index (χ0) is 58.8. The fourth-order valence-corrected chi connectivity index (χ4v) is 10.8. The van der Waals surface area contributed by atoms with Crippen molar-refractivity contribution in [3.05, 3.63) is 48.6 Å². The molecule has 0 aromatic rings. The third kappa shape index (κ3) is 37.2. The highest BCUT2D eigenvalue weighted by molar-refractivity contribution is 5.76. The lowest BCUT2D eigenvalue weighted by Crippen LogP contribution is -2.65. The average molecular weight is 1150 g/mol. The number of carbonyl (C=O) groups excluding carboxylic acids is 1. The second-order valence-electron chi connectivity index (χ2n) is 23.6. The third-order valence-corrected chi connectivity index (χ3v) is 16.2. The van der Waals surface area contributed by atoms with Crippen LogP contribution in [0, 0.1) is 0 Å². The Morgan fingerprint density at radius 1 is 0.432 bits per heavy atom. The molecule has 12 atom stereocenters. The second-order valence-corrected chi connectivity index (χ2v) is 23.6. The van der Waals surface area contributed by atoms with Crippen LogP contribution in [0.4, 0.5) is 0 Å². The van der Waals surface area contributed by atoms with Gasteiger partial charge in [-0.1, -0.05) is 249 Å². The maximum Gasteiger partial charge on any atom is 0.220 e. The number of hydrogen-bond donors (Lipinski definition) is 9. The highest BCUT2D eigenvalue weighted by Gasteiger charge is 2.51. The van der Waals surface area contributed by atoms with E-state index in [1.807, 2.05) is 6.08 Å². The van der Waals surface area contributed by atoms with Gasteiger partial charge in [-0.2, -0.15) is 0 Å². The standard InChI is InChI=1S/C67H123NO13/c1-3-5-7-9-11-13-15-17-19-21-23-25-26-27-28-29-31-32-34-36-38-40-42-44-46-48-50-56(71)55(54-78-66-64(77)62(75)65(58(53-70)80-66)81-67-63(76)61(74)60(73)57(52-69)79-67)68-59(72)51-49-47-45-43-41-39-37-35-33-30-24-22-20-18-16-14-12-10-8-6-4-2/h22,24,32,34,40,42,48,50,55-58,60-67,69-71,73-77H,3-21,23,25-31,33,35-39,41,43-47,49,51-54H2,1-2H3,(H,68,72)/b24-22-,34-32+,42-40+,50-48+. The summed E-state index contributed by atoms with van der Waals surface area (Å²) >= 11 is 0. The smallest absolute Gasteiger partial charge is 0.220 e. The lowest BCUT2D eigenvalue weighted by atomic mass is 9.97. The normalized spacial score (nSPS) is 24.4. The zero-order valence-electron chi connectivity index (χ0n) is 51.3. The number of aliphatic hydroxyl groups is 8. The van der Waals surface area contributed by atoms with E-state index in [1.165, 1.54) is 199 Å². The van der Waals surface area contributed by atoms with Crippen LogP contribution in [0.5, 0.6) is 0 Å². The number of nitrogens with one attached hydrogen (secondary N) is 1. The Morgan fingerprint density at radius 3 is 1.21 bits per heavy atom. The molecule has 14 heteroatoms. The first-order valence-corrected chi connectivity index (χ1v) is 33.4. The topological polar surface area (TPSA) is 228 Å². The van der Waals surface area contributed by atoms with Gasteiger partial charge in [0.25, 0.3) is 0 Å². The summed E-state index contributed by atoms with van der Waals surface area (Å²) in [6.07, 6.45) is 50.2. The van der Waals surface area contributed by atoms with Gasteiger partial charge in [-0.05, 0) is 70.6 Å². The Balaban J connectivity index is 1.74. The van der Waals surface area contributed by atoms with Crippen molar-refractivity contribution >= 4 is 5.91 Å². The van der Waals surface area contributed by atoms with E-state index in [0.29, 0.717) is 12.8 Å². The van der Waals surface area contributed by atoms with Crippen molar-refractivity contribution in [2.45, 2.75) is 351 Å². The lowest BCUT2D eigenvalue weighted by Gasteiger charge is -2.46. The SMILES string of the molecule is CCCCCCCCCC/C=C\CCCCCCCCCCCC(=O)NC(COC1OC(CO)C(OC2OC(CO)C(O)C(O)C2O)C(O)C1O)C(O)/C=C/CC/C=C/CC/C=C/CCCCCCCCCCCCCCCCCC. The van der Waals surface area contributed by atoms with Crippen LogP contribution >= 0.6 is 0 Å². The molecule has 2 aliphatic rings.